The number of aryl methyl sites for hydroxylation is 1. The van der Waals surface area contributed by atoms with E-state index in [4.69, 9.17) is 9.47 Å². The molecular weight excluding hydrogens is 418 g/mol. The molecule has 0 aromatic carbocycles. The van der Waals surface area contributed by atoms with Crippen molar-refractivity contribution in [2.45, 2.75) is 75.0 Å². The van der Waals surface area contributed by atoms with Gasteiger partial charge in [0.15, 0.2) is 9.84 Å². The molecule has 1 saturated heterocycles. The Morgan fingerprint density at radius 2 is 2.06 bits per heavy atom. The third-order valence-electron chi connectivity index (χ3n) is 6.46. The summed E-state index contributed by atoms with van der Waals surface area (Å²) in [5, 5.41) is 7.97. The molecule has 0 unspecified atom stereocenters. The maximum Gasteiger partial charge on any atom is 0.163 e. The molecule has 2 aromatic rings. The Morgan fingerprint density at radius 1 is 1.29 bits per heavy atom. The second-order valence-electron chi connectivity index (χ2n) is 8.97. The van der Waals surface area contributed by atoms with Gasteiger partial charge < -0.3 is 14.0 Å². The third-order valence-corrected chi connectivity index (χ3v) is 8.50. The molecule has 3 atom stereocenters. The Labute approximate surface area is 183 Å². The van der Waals surface area contributed by atoms with E-state index in [2.05, 4.69) is 31.7 Å². The van der Waals surface area contributed by atoms with Gasteiger partial charge in [-0.1, -0.05) is 0 Å². The van der Waals surface area contributed by atoms with E-state index in [1.165, 1.54) is 7.11 Å². The lowest BCUT2D eigenvalue weighted by molar-refractivity contribution is 0.0762. The van der Waals surface area contributed by atoms with Crippen LogP contribution >= 0.6 is 0 Å². The molecule has 0 spiro atoms. The van der Waals surface area contributed by atoms with Crippen molar-refractivity contribution in [2.24, 2.45) is 0 Å². The first-order valence-electron chi connectivity index (χ1n) is 10.8. The van der Waals surface area contributed by atoms with Gasteiger partial charge in [-0.2, -0.15) is 0 Å². The fraction of sp³-hybridized carbons (Fsp3) is 0.714. The molecule has 0 amide bonds. The maximum absolute atomic E-state index is 13.4. The molecule has 3 heterocycles. The van der Waals surface area contributed by atoms with Gasteiger partial charge in [-0.25, -0.2) is 8.42 Å². The lowest BCUT2D eigenvalue weighted by Gasteiger charge is -2.26. The highest BCUT2D eigenvalue weighted by atomic mass is 32.2. The standard InChI is InChI=1S/C21H31N5O4S/c1-14-10-23-17(11-22-14)19(29-4)15(2)31(27,28)13-18-24-25-20(16-6-5-9-30-12-16)26(18)21(3)7-8-21/h10-11,15-16,19H,5-9,12-13H2,1-4H3/t15-,16-,19-/m0/s1. The number of ether oxygens (including phenoxy) is 2. The Hall–Kier alpha value is -1.91. The quantitative estimate of drug-likeness (QED) is 0.605. The molecule has 1 aliphatic carbocycles. The molecule has 170 valence electrons. The Morgan fingerprint density at radius 3 is 2.65 bits per heavy atom. The Bertz CT molecular complexity index is 1010. The SMILES string of the molecule is CO[C@H](c1cnc(C)cn1)[C@H](C)S(=O)(=O)Cc1nnc([C@H]2CCCOC2)n1C1(C)CC1. The van der Waals surface area contributed by atoms with Gasteiger partial charge >= 0.3 is 0 Å². The van der Waals surface area contributed by atoms with Crippen molar-refractivity contribution in [3.8, 4) is 0 Å². The molecule has 2 fully saturated rings. The summed E-state index contributed by atoms with van der Waals surface area (Å²) in [6.07, 6.45) is 6.43. The molecule has 2 aromatic heterocycles. The van der Waals surface area contributed by atoms with E-state index >= 15 is 0 Å². The number of nitrogens with zero attached hydrogens (tertiary/aromatic N) is 5. The summed E-state index contributed by atoms with van der Waals surface area (Å²) >= 11 is 0. The van der Waals surface area contributed by atoms with Gasteiger partial charge in [-0.15, -0.1) is 10.2 Å². The van der Waals surface area contributed by atoms with Crippen LogP contribution < -0.4 is 0 Å². The highest BCUT2D eigenvalue weighted by Crippen LogP contribution is 2.46. The van der Waals surface area contributed by atoms with Crippen LogP contribution in [-0.2, 0) is 30.6 Å². The zero-order chi connectivity index (χ0) is 22.2. The van der Waals surface area contributed by atoms with Crippen LogP contribution in [0.15, 0.2) is 12.4 Å². The Kier molecular flexibility index (Phi) is 6.15. The van der Waals surface area contributed by atoms with E-state index in [9.17, 15) is 8.42 Å². The molecule has 1 saturated carbocycles. The van der Waals surface area contributed by atoms with E-state index in [1.54, 1.807) is 19.3 Å². The van der Waals surface area contributed by atoms with Gasteiger partial charge in [0.2, 0.25) is 0 Å². The maximum atomic E-state index is 13.4. The topological polar surface area (TPSA) is 109 Å². The smallest absolute Gasteiger partial charge is 0.163 e. The predicted molar refractivity (Wildman–Crippen MR) is 114 cm³/mol. The molecule has 1 aliphatic heterocycles. The van der Waals surface area contributed by atoms with Crippen molar-refractivity contribution in [3.63, 3.8) is 0 Å². The van der Waals surface area contributed by atoms with Crippen LogP contribution in [-0.4, -0.2) is 58.7 Å². The number of rotatable bonds is 8. The Balaban J connectivity index is 1.61. The van der Waals surface area contributed by atoms with Crippen LogP contribution in [0.4, 0.5) is 0 Å². The van der Waals surface area contributed by atoms with Crippen LogP contribution in [0.1, 0.15) is 74.6 Å². The average Bonchev–Trinajstić information content (AvgIpc) is 3.36. The van der Waals surface area contributed by atoms with E-state index in [-0.39, 0.29) is 17.2 Å². The number of aromatic nitrogens is 5. The molecule has 0 bridgehead atoms. The average molecular weight is 450 g/mol. The summed E-state index contributed by atoms with van der Waals surface area (Å²) in [4.78, 5) is 8.55. The minimum Gasteiger partial charge on any atom is -0.381 e. The molecule has 4 rings (SSSR count). The van der Waals surface area contributed by atoms with Crippen LogP contribution in [0, 0.1) is 6.92 Å². The van der Waals surface area contributed by atoms with Gasteiger partial charge in [0, 0.05) is 31.4 Å². The van der Waals surface area contributed by atoms with Gasteiger partial charge in [-0.05, 0) is 46.5 Å². The zero-order valence-corrected chi connectivity index (χ0v) is 19.4. The molecule has 0 N–H and O–H groups in total. The van der Waals surface area contributed by atoms with Gasteiger partial charge in [-0.3, -0.25) is 9.97 Å². The number of hydrogen-bond donors (Lipinski definition) is 0. The third kappa shape index (κ3) is 4.51. The first-order valence-corrected chi connectivity index (χ1v) is 12.5. The molecule has 31 heavy (non-hydrogen) atoms. The fourth-order valence-electron chi connectivity index (χ4n) is 4.23. The van der Waals surface area contributed by atoms with Crippen molar-refractivity contribution in [1.29, 1.82) is 0 Å². The summed E-state index contributed by atoms with van der Waals surface area (Å²) in [6.45, 7) is 7.00. The number of methoxy groups -OCH3 is 1. The lowest BCUT2D eigenvalue weighted by Crippen LogP contribution is -2.31. The fourth-order valence-corrected chi connectivity index (χ4v) is 5.66. The van der Waals surface area contributed by atoms with E-state index in [1.807, 2.05) is 6.92 Å². The second-order valence-corrected chi connectivity index (χ2v) is 11.3. The lowest BCUT2D eigenvalue weighted by atomic mass is 10.0. The first-order chi connectivity index (χ1) is 14.7. The molecule has 2 aliphatic rings. The van der Waals surface area contributed by atoms with E-state index in [0.717, 1.165) is 43.8 Å². The minimum atomic E-state index is -3.60. The van der Waals surface area contributed by atoms with Crippen molar-refractivity contribution < 1.29 is 17.9 Å². The summed E-state index contributed by atoms with van der Waals surface area (Å²) in [5.74, 6) is 1.31. The van der Waals surface area contributed by atoms with Crippen molar-refractivity contribution in [2.75, 3.05) is 20.3 Å². The molecule has 10 heteroatoms. The monoisotopic (exact) mass is 449 g/mol. The summed E-state index contributed by atoms with van der Waals surface area (Å²) in [6, 6.07) is 0. The van der Waals surface area contributed by atoms with Gasteiger partial charge in [0.25, 0.3) is 0 Å². The normalized spacial score (nSPS) is 22.8. The number of hydrogen-bond acceptors (Lipinski definition) is 8. The van der Waals surface area contributed by atoms with Crippen molar-refractivity contribution >= 4 is 9.84 Å². The van der Waals surface area contributed by atoms with E-state index < -0.39 is 21.2 Å². The predicted octanol–water partition coefficient (Wildman–Crippen LogP) is 2.47. The summed E-state index contributed by atoms with van der Waals surface area (Å²) < 4.78 is 40.0. The van der Waals surface area contributed by atoms with Crippen molar-refractivity contribution in [1.82, 2.24) is 24.7 Å². The zero-order valence-electron chi connectivity index (χ0n) is 18.6. The summed E-state index contributed by atoms with van der Waals surface area (Å²) in [7, 11) is -2.11. The first kappa shape index (κ1) is 22.3. The van der Waals surface area contributed by atoms with Crippen LogP contribution in [0.2, 0.25) is 0 Å². The second kappa shape index (κ2) is 8.55. The molecular formula is C21H31N5O4S. The highest BCUT2D eigenvalue weighted by Gasteiger charge is 2.45. The van der Waals surface area contributed by atoms with Gasteiger partial charge in [0.1, 0.15) is 23.5 Å². The molecule has 0 radical (unpaired) electrons. The molecule has 9 nitrogen and oxygen atoms in total. The number of sulfone groups is 1. The van der Waals surface area contributed by atoms with Crippen molar-refractivity contribution in [3.05, 3.63) is 35.4 Å². The van der Waals surface area contributed by atoms with Crippen LogP contribution in [0.5, 0.6) is 0 Å². The highest BCUT2D eigenvalue weighted by molar-refractivity contribution is 7.91. The minimum absolute atomic E-state index is 0.118. The van der Waals surface area contributed by atoms with Gasteiger partial charge in [0.05, 0.1) is 29.4 Å². The largest absolute Gasteiger partial charge is 0.381 e. The summed E-state index contributed by atoms with van der Waals surface area (Å²) in [5.41, 5.74) is 1.15. The van der Waals surface area contributed by atoms with Crippen LogP contribution in [0.3, 0.4) is 0 Å². The van der Waals surface area contributed by atoms with E-state index in [0.29, 0.717) is 18.1 Å². The van der Waals surface area contributed by atoms with Crippen LogP contribution in [0.25, 0.3) is 0 Å².